The largest absolute Gasteiger partial charge is 0.472 e. The Labute approximate surface area is 475 Å². The molecule has 0 aromatic heterocycles. The quantitative estimate of drug-likeness (QED) is 0.0156. The third-order valence-corrected chi connectivity index (χ3v) is 14.6. The number of phosphoric ester groups is 1. The number of likely N-dealkylation sites (N-methyl/N-ethyl adjacent to an activating group) is 1. The van der Waals surface area contributed by atoms with E-state index in [9.17, 15) is 19.0 Å². The van der Waals surface area contributed by atoms with Crippen molar-refractivity contribution in [3.8, 4) is 0 Å². The zero-order chi connectivity index (χ0) is 56.4. The first-order valence-electron chi connectivity index (χ1n) is 31.6. The predicted molar refractivity (Wildman–Crippen MR) is 332 cm³/mol. The van der Waals surface area contributed by atoms with E-state index in [1.165, 1.54) is 122 Å². The lowest BCUT2D eigenvalue weighted by Crippen LogP contribution is -2.47. The van der Waals surface area contributed by atoms with Crippen LogP contribution in [0.25, 0.3) is 0 Å². The van der Waals surface area contributed by atoms with E-state index in [0.717, 1.165) is 109 Å². The van der Waals surface area contributed by atoms with Gasteiger partial charge >= 0.3 is 13.8 Å². The van der Waals surface area contributed by atoms with Crippen molar-refractivity contribution in [3.05, 3.63) is 97.2 Å². The summed E-state index contributed by atoms with van der Waals surface area (Å²) in [5.74, 6) is -0.529. The van der Waals surface area contributed by atoms with Gasteiger partial charge in [-0.25, -0.2) is 4.57 Å². The van der Waals surface area contributed by atoms with Gasteiger partial charge in [-0.1, -0.05) is 253 Å². The van der Waals surface area contributed by atoms with Gasteiger partial charge in [0.2, 0.25) is 5.91 Å². The van der Waals surface area contributed by atoms with Crippen LogP contribution < -0.4 is 5.32 Å². The van der Waals surface area contributed by atoms with E-state index in [1.807, 2.05) is 33.3 Å². The minimum atomic E-state index is -4.46. The second-order valence-corrected chi connectivity index (χ2v) is 23.7. The van der Waals surface area contributed by atoms with Crippen molar-refractivity contribution in [2.75, 3.05) is 40.9 Å². The summed E-state index contributed by atoms with van der Waals surface area (Å²) in [6, 6.07) is -0.862. The van der Waals surface area contributed by atoms with Crippen LogP contribution in [0.1, 0.15) is 265 Å². The van der Waals surface area contributed by atoms with E-state index in [4.69, 9.17) is 13.8 Å². The summed E-state index contributed by atoms with van der Waals surface area (Å²) in [7, 11) is 1.47. The van der Waals surface area contributed by atoms with Crippen LogP contribution in [0.3, 0.4) is 0 Å². The maximum absolute atomic E-state index is 13.6. The molecule has 444 valence electrons. The number of unbranched alkanes of at least 4 members (excludes halogenated alkanes) is 28. The highest BCUT2D eigenvalue weighted by atomic mass is 31.2. The number of quaternary nitrogens is 1. The summed E-state index contributed by atoms with van der Waals surface area (Å²) in [4.78, 5) is 37.7. The Hall–Kier alpha value is -3.07. The van der Waals surface area contributed by atoms with Gasteiger partial charge in [0, 0.05) is 12.8 Å². The first-order valence-corrected chi connectivity index (χ1v) is 33.1. The molecule has 3 atom stereocenters. The topological polar surface area (TPSA) is 111 Å². The van der Waals surface area contributed by atoms with E-state index >= 15 is 0 Å². The Balaban J connectivity index is 5.15. The van der Waals surface area contributed by atoms with Crippen molar-refractivity contribution in [1.82, 2.24) is 5.32 Å². The summed E-state index contributed by atoms with van der Waals surface area (Å²) in [6.45, 7) is 6.83. The Kier molecular flexibility index (Phi) is 54.0. The lowest BCUT2D eigenvalue weighted by atomic mass is 10.0. The number of hydrogen-bond donors (Lipinski definition) is 2. The second-order valence-electron chi connectivity index (χ2n) is 22.3. The predicted octanol–water partition coefficient (Wildman–Crippen LogP) is 19.6. The number of nitrogens with one attached hydrogen (secondary N) is 1. The number of nitrogens with zero attached hydrogens (tertiary/aromatic N) is 1. The molecular weight excluding hydrogens is 976 g/mol. The van der Waals surface area contributed by atoms with Crippen LogP contribution in [-0.4, -0.2) is 74.3 Å². The van der Waals surface area contributed by atoms with Gasteiger partial charge in [-0.15, -0.1) is 0 Å². The smallest absolute Gasteiger partial charge is 0.456 e. The van der Waals surface area contributed by atoms with Crippen LogP contribution in [0.4, 0.5) is 0 Å². The highest BCUT2D eigenvalue weighted by Gasteiger charge is 2.30. The zero-order valence-electron chi connectivity index (χ0n) is 50.7. The number of carbonyl (C=O) groups is 2. The highest BCUT2D eigenvalue weighted by Crippen LogP contribution is 2.43. The Bertz CT molecular complexity index is 1640. The zero-order valence-corrected chi connectivity index (χ0v) is 51.6. The first-order chi connectivity index (χ1) is 37.4. The maximum Gasteiger partial charge on any atom is 0.472 e. The molecule has 9 nitrogen and oxygen atoms in total. The summed E-state index contributed by atoms with van der Waals surface area (Å²) in [5, 5.41) is 3.05. The monoisotopic (exact) mass is 1100 g/mol. The minimum absolute atomic E-state index is 0.0324. The Morgan fingerprint density at radius 1 is 0.481 bits per heavy atom. The molecule has 0 saturated heterocycles. The summed E-state index contributed by atoms with van der Waals surface area (Å²) in [5.41, 5.74) is 0. The number of allylic oxidation sites excluding steroid dienone is 15. The minimum Gasteiger partial charge on any atom is -0.456 e. The van der Waals surface area contributed by atoms with Gasteiger partial charge in [0.1, 0.15) is 19.3 Å². The van der Waals surface area contributed by atoms with Crippen LogP contribution in [0.15, 0.2) is 97.2 Å². The molecule has 0 rings (SSSR count). The number of carbonyl (C=O) groups excluding carboxylic acids is 2. The van der Waals surface area contributed by atoms with Crippen molar-refractivity contribution in [2.45, 2.75) is 277 Å². The Morgan fingerprint density at radius 3 is 1.38 bits per heavy atom. The van der Waals surface area contributed by atoms with Gasteiger partial charge in [-0.05, 0) is 96.0 Å². The fourth-order valence-electron chi connectivity index (χ4n) is 8.69. The molecule has 0 aliphatic heterocycles. The lowest BCUT2D eigenvalue weighted by molar-refractivity contribution is -0.870. The highest BCUT2D eigenvalue weighted by molar-refractivity contribution is 7.47. The number of phosphoric acid groups is 1. The number of esters is 1. The number of hydrogen-bond acceptors (Lipinski definition) is 6. The van der Waals surface area contributed by atoms with Crippen molar-refractivity contribution in [1.29, 1.82) is 0 Å². The molecule has 77 heavy (non-hydrogen) atoms. The van der Waals surface area contributed by atoms with Gasteiger partial charge in [-0.3, -0.25) is 18.6 Å². The first kappa shape index (κ1) is 73.9. The van der Waals surface area contributed by atoms with Gasteiger partial charge < -0.3 is 19.4 Å². The molecule has 0 spiro atoms. The van der Waals surface area contributed by atoms with E-state index in [0.29, 0.717) is 17.4 Å². The van der Waals surface area contributed by atoms with Gasteiger partial charge in [0.15, 0.2) is 0 Å². The maximum atomic E-state index is 13.6. The molecule has 0 fully saturated rings. The van der Waals surface area contributed by atoms with E-state index in [-0.39, 0.29) is 31.5 Å². The molecule has 0 aromatic rings. The third-order valence-electron chi connectivity index (χ3n) is 13.6. The molecule has 0 aliphatic rings. The fourth-order valence-corrected chi connectivity index (χ4v) is 9.42. The van der Waals surface area contributed by atoms with E-state index in [1.54, 1.807) is 0 Å². The second kappa shape index (κ2) is 56.2. The van der Waals surface area contributed by atoms with Gasteiger partial charge in [0.25, 0.3) is 0 Å². The average molecular weight is 1100 g/mol. The van der Waals surface area contributed by atoms with Crippen molar-refractivity contribution in [2.24, 2.45) is 0 Å². The van der Waals surface area contributed by atoms with E-state index in [2.05, 4.69) is 111 Å². The molecular formula is C67H120N2O7P+. The third kappa shape index (κ3) is 57.4. The van der Waals surface area contributed by atoms with Crippen LogP contribution in [0, 0.1) is 0 Å². The van der Waals surface area contributed by atoms with Crippen LogP contribution in [0.2, 0.25) is 0 Å². The van der Waals surface area contributed by atoms with Crippen LogP contribution in [-0.2, 0) is 27.9 Å². The van der Waals surface area contributed by atoms with Gasteiger partial charge in [-0.2, -0.15) is 0 Å². The summed E-state index contributed by atoms with van der Waals surface area (Å²) < 4.78 is 30.7. The standard InChI is InChI=1S/C67H119N2O7P/c1-7-10-13-16-19-22-25-27-29-30-31-32-33-34-35-36-37-38-40-41-44-47-50-53-56-59-66(70)68-64(63-75-77(72,73)74-62-61-69(4,5)6)65(58-55-52-49-46-43-24-21-18-15-12-9-3)76-67(71)60-57-54-51-48-45-42-39-28-26-23-20-17-14-11-8-2/h11,14,17,19-20,22-23,26-27,29,31-32,34-35,55,58,64-65H,7-10,12-13,15-16,18,21,24-25,28,30,33,36-54,56-57,59-63H2,1-6H3,(H-,68,70,72,73)/p+1/b14-11+,20-17+,22-19-,26-23+,29-27-,32-31-,35-34-,58-55-. The molecule has 1 amide bonds. The molecule has 0 saturated carbocycles. The molecule has 0 heterocycles. The van der Waals surface area contributed by atoms with Gasteiger partial charge in [0.05, 0.1) is 33.8 Å². The lowest BCUT2D eigenvalue weighted by Gasteiger charge is -2.27. The average Bonchev–Trinajstić information content (AvgIpc) is 3.39. The number of ether oxygens (including phenoxy) is 1. The molecule has 0 aliphatic carbocycles. The molecule has 10 heteroatoms. The fraction of sp³-hybridized carbons (Fsp3) is 0.731. The number of rotatable bonds is 56. The van der Waals surface area contributed by atoms with E-state index < -0.39 is 20.0 Å². The SMILES string of the molecule is CC/C=C/C=C/C=C/CCCCCCCCCC(=O)OC(/C=C\CCCCCCCCCCC)C(COP(=O)(O)OCC[N+](C)(C)C)NC(=O)CCCCCCCCCCC/C=C\C/C=C\C/C=C\C/C=C\CCCCC. The van der Waals surface area contributed by atoms with Crippen LogP contribution in [0.5, 0.6) is 0 Å². The van der Waals surface area contributed by atoms with Crippen molar-refractivity contribution in [3.63, 3.8) is 0 Å². The number of amides is 1. The van der Waals surface area contributed by atoms with Crippen molar-refractivity contribution >= 4 is 19.7 Å². The summed E-state index contributed by atoms with van der Waals surface area (Å²) in [6.07, 6.45) is 75.5. The molecule has 0 radical (unpaired) electrons. The Morgan fingerprint density at radius 2 is 0.883 bits per heavy atom. The molecule has 0 aromatic carbocycles. The molecule has 0 bridgehead atoms. The molecule has 2 N–H and O–H groups in total. The molecule has 3 unspecified atom stereocenters. The normalized spacial score (nSPS) is 14.3. The van der Waals surface area contributed by atoms with Crippen molar-refractivity contribution < 1.29 is 37.3 Å². The summed E-state index contributed by atoms with van der Waals surface area (Å²) >= 11 is 0. The van der Waals surface area contributed by atoms with Crippen LogP contribution >= 0.6 is 7.82 Å².